The van der Waals surface area contributed by atoms with Crippen molar-refractivity contribution in [3.05, 3.63) is 23.2 Å². The van der Waals surface area contributed by atoms with E-state index in [-0.39, 0.29) is 42.6 Å². The average molecular weight is 466 g/mol. The van der Waals surface area contributed by atoms with Gasteiger partial charge in [-0.2, -0.15) is 13.2 Å². The van der Waals surface area contributed by atoms with E-state index in [0.717, 1.165) is 6.42 Å². The van der Waals surface area contributed by atoms with E-state index in [0.29, 0.717) is 22.9 Å². The van der Waals surface area contributed by atoms with Gasteiger partial charge in [-0.25, -0.2) is 9.78 Å². The zero-order valence-electron chi connectivity index (χ0n) is 16.7. The zero-order valence-corrected chi connectivity index (χ0v) is 18.3. The molecule has 0 bridgehead atoms. The van der Waals surface area contributed by atoms with Gasteiger partial charge in [0, 0.05) is 29.9 Å². The number of aliphatic hydroxyl groups is 1. The van der Waals surface area contributed by atoms with Gasteiger partial charge in [0.25, 0.3) is 0 Å². The summed E-state index contributed by atoms with van der Waals surface area (Å²) >= 11 is 2.68. The Morgan fingerprint density at radius 3 is 2.77 bits per heavy atom. The molecule has 0 spiro atoms. The van der Waals surface area contributed by atoms with Crippen LogP contribution in [0.5, 0.6) is 0 Å². The second-order valence-electron chi connectivity index (χ2n) is 7.81. The van der Waals surface area contributed by atoms with E-state index in [4.69, 9.17) is 5.11 Å². The predicted octanol–water partition coefficient (Wildman–Crippen LogP) is 5.35. The summed E-state index contributed by atoms with van der Waals surface area (Å²) in [6.07, 6.45) is 0.608. The summed E-state index contributed by atoms with van der Waals surface area (Å²) in [5.74, 6) is -0.323. The fourth-order valence-electron chi connectivity index (χ4n) is 3.50. The molecule has 30 heavy (non-hydrogen) atoms. The van der Waals surface area contributed by atoms with Crippen molar-refractivity contribution in [1.82, 2.24) is 4.98 Å². The molecule has 1 aliphatic rings. The van der Waals surface area contributed by atoms with Crippen LogP contribution in [0.3, 0.4) is 0 Å². The van der Waals surface area contributed by atoms with E-state index in [1.807, 2.05) is 6.08 Å². The van der Waals surface area contributed by atoms with Gasteiger partial charge in [-0.15, -0.1) is 11.3 Å². The number of ketones is 1. The topological polar surface area (TPSA) is 87.5 Å². The largest absolute Gasteiger partial charge is 0.476 e. The van der Waals surface area contributed by atoms with Crippen LogP contribution >= 0.6 is 23.1 Å². The molecular formula is C20H26F3NO4S2. The van der Waals surface area contributed by atoms with Crippen LogP contribution in [0, 0.1) is 11.8 Å². The highest BCUT2D eigenvalue weighted by Crippen LogP contribution is 2.35. The lowest BCUT2D eigenvalue weighted by Gasteiger charge is -2.22. The number of aromatic nitrogens is 1. The third-order valence-corrected chi connectivity index (χ3v) is 7.18. The van der Waals surface area contributed by atoms with Crippen molar-refractivity contribution in [3.63, 3.8) is 0 Å². The highest BCUT2D eigenvalue weighted by Gasteiger charge is 2.33. The maximum atomic E-state index is 12.3. The Kier molecular flexibility index (Phi) is 8.93. The first-order valence-electron chi connectivity index (χ1n) is 9.77. The maximum Gasteiger partial charge on any atom is 0.389 e. The molecule has 168 valence electrons. The number of halogens is 3. The van der Waals surface area contributed by atoms with Gasteiger partial charge in [0.15, 0.2) is 10.0 Å². The first-order valence-corrected chi connectivity index (χ1v) is 11.6. The number of carbonyl (C=O) groups is 2. The number of carbonyl (C=O) groups excluding carboxylic acids is 1. The maximum absolute atomic E-state index is 12.3. The van der Waals surface area contributed by atoms with Crippen LogP contribution in [0.2, 0.25) is 0 Å². The van der Waals surface area contributed by atoms with Gasteiger partial charge in [0.2, 0.25) is 0 Å². The minimum Gasteiger partial charge on any atom is -0.476 e. The number of thioether (sulfide) groups is 1. The molecule has 2 N–H and O–H groups in total. The summed E-state index contributed by atoms with van der Waals surface area (Å²) in [5.41, 5.74) is -1.19. The fourth-order valence-corrected chi connectivity index (χ4v) is 5.40. The number of hydrogen-bond acceptors (Lipinski definition) is 6. The molecule has 0 radical (unpaired) electrons. The minimum absolute atomic E-state index is 0.0162. The van der Waals surface area contributed by atoms with Gasteiger partial charge in [0.1, 0.15) is 5.78 Å². The summed E-state index contributed by atoms with van der Waals surface area (Å²) in [7, 11) is 0. The molecule has 0 amide bonds. The Balaban J connectivity index is 1.79. The number of aromatic carboxylic acids is 1. The Bertz CT molecular complexity index is 761. The Hall–Kier alpha value is -1.39. The first kappa shape index (κ1) is 24.9. The molecule has 1 aromatic heterocycles. The van der Waals surface area contributed by atoms with Gasteiger partial charge < -0.3 is 10.2 Å². The van der Waals surface area contributed by atoms with Crippen LogP contribution in [0.25, 0.3) is 0 Å². The molecule has 1 unspecified atom stereocenters. The lowest BCUT2D eigenvalue weighted by atomic mass is 9.90. The van der Waals surface area contributed by atoms with Crippen molar-refractivity contribution in [2.75, 3.05) is 5.75 Å². The number of carboxylic acid groups (broad SMARTS) is 1. The minimum atomic E-state index is -4.21. The van der Waals surface area contributed by atoms with Gasteiger partial charge >= 0.3 is 12.1 Å². The number of rotatable bonds is 11. The number of thiazole rings is 1. The lowest BCUT2D eigenvalue weighted by Crippen LogP contribution is -2.24. The third kappa shape index (κ3) is 8.39. The quantitative estimate of drug-likeness (QED) is 0.338. The van der Waals surface area contributed by atoms with E-state index in [1.54, 1.807) is 6.08 Å². The van der Waals surface area contributed by atoms with Gasteiger partial charge in [-0.3, -0.25) is 4.79 Å². The van der Waals surface area contributed by atoms with Crippen LogP contribution in [0.4, 0.5) is 13.2 Å². The molecule has 1 fully saturated rings. The summed E-state index contributed by atoms with van der Waals surface area (Å²) in [6.45, 7) is 1.53. The standard InChI is InChI=1S/C20H26F3NO4S2/c1-19(28,9-3-10-20(21,22)23)8-2-4-13-5-6-16(25)14(13)7-11-29-18-24-15(12-30-18)17(26)27/h2,4,12-14,28H,3,5-11H2,1H3,(H,26,27)/b4-2+/t13-,14-,19?/m1/s1. The molecule has 10 heteroatoms. The predicted molar refractivity (Wildman–Crippen MR) is 110 cm³/mol. The van der Waals surface area contributed by atoms with Crippen molar-refractivity contribution < 1.29 is 33.0 Å². The Morgan fingerprint density at radius 1 is 1.40 bits per heavy atom. The molecule has 1 aliphatic carbocycles. The Labute approximate surface area is 181 Å². The van der Waals surface area contributed by atoms with Gasteiger partial charge in [-0.05, 0) is 44.9 Å². The monoisotopic (exact) mass is 465 g/mol. The number of Topliss-reactive ketones (excluding diaryl/α,β-unsaturated/α-hetero) is 1. The molecule has 0 aliphatic heterocycles. The van der Waals surface area contributed by atoms with Gasteiger partial charge in [0.05, 0.1) is 5.60 Å². The van der Waals surface area contributed by atoms with E-state index < -0.39 is 24.2 Å². The van der Waals surface area contributed by atoms with Crippen molar-refractivity contribution in [1.29, 1.82) is 0 Å². The van der Waals surface area contributed by atoms with Crippen LogP contribution < -0.4 is 0 Å². The van der Waals surface area contributed by atoms with Crippen LogP contribution in [-0.2, 0) is 4.79 Å². The molecule has 3 atom stereocenters. The molecule has 1 heterocycles. The van der Waals surface area contributed by atoms with Gasteiger partial charge in [-0.1, -0.05) is 23.9 Å². The molecule has 5 nitrogen and oxygen atoms in total. The van der Waals surface area contributed by atoms with E-state index in [2.05, 4.69) is 4.98 Å². The van der Waals surface area contributed by atoms with E-state index in [9.17, 15) is 27.9 Å². The van der Waals surface area contributed by atoms with E-state index in [1.165, 1.54) is 35.4 Å². The second-order valence-corrected chi connectivity index (χ2v) is 10.0. The average Bonchev–Trinajstić information content (AvgIpc) is 3.22. The molecule has 2 rings (SSSR count). The SMILES string of the molecule is CC(O)(C/C=C/[C@@H]1CCC(=O)[C@@H]1CCSc1nc(C(=O)O)cs1)CCCC(F)(F)F. The lowest BCUT2D eigenvalue weighted by molar-refractivity contribution is -0.137. The second kappa shape index (κ2) is 10.8. The number of hydrogen-bond donors (Lipinski definition) is 2. The molecule has 1 saturated carbocycles. The summed E-state index contributed by atoms with van der Waals surface area (Å²) < 4.78 is 37.4. The fraction of sp³-hybridized carbons (Fsp3) is 0.650. The van der Waals surface area contributed by atoms with Crippen molar-refractivity contribution in [2.24, 2.45) is 11.8 Å². The Morgan fingerprint density at radius 2 is 2.13 bits per heavy atom. The zero-order chi connectivity index (χ0) is 22.4. The number of carboxylic acids is 1. The van der Waals surface area contributed by atoms with Crippen LogP contribution in [0.1, 0.15) is 62.4 Å². The third-order valence-electron chi connectivity index (χ3n) is 5.13. The normalized spacial score (nSPS) is 22.0. The number of nitrogens with zero attached hydrogens (tertiary/aromatic N) is 1. The highest BCUT2D eigenvalue weighted by atomic mass is 32.2. The number of allylic oxidation sites excluding steroid dienone is 1. The molecule has 0 saturated heterocycles. The molecule has 1 aromatic rings. The smallest absolute Gasteiger partial charge is 0.389 e. The van der Waals surface area contributed by atoms with Crippen molar-refractivity contribution in [2.45, 2.75) is 68.0 Å². The summed E-state index contributed by atoms with van der Waals surface area (Å²) in [4.78, 5) is 27.1. The first-order chi connectivity index (χ1) is 14.0. The highest BCUT2D eigenvalue weighted by molar-refractivity contribution is 8.01. The van der Waals surface area contributed by atoms with Crippen molar-refractivity contribution >= 4 is 34.9 Å². The number of alkyl halides is 3. The summed E-state index contributed by atoms with van der Waals surface area (Å²) in [5, 5.41) is 20.7. The van der Waals surface area contributed by atoms with Crippen molar-refractivity contribution in [3.8, 4) is 0 Å². The van der Waals surface area contributed by atoms with Crippen LogP contribution in [0.15, 0.2) is 21.9 Å². The van der Waals surface area contributed by atoms with Crippen LogP contribution in [-0.4, -0.2) is 44.5 Å². The van der Waals surface area contributed by atoms with E-state index >= 15 is 0 Å². The molecular weight excluding hydrogens is 439 g/mol. The molecule has 0 aromatic carbocycles. The summed E-state index contributed by atoms with van der Waals surface area (Å²) in [6, 6.07) is 0.